The number of aryl methyl sites for hydroxylation is 1. The largest absolute Gasteiger partial charge is 0.252 e. The number of nitrogens with zero attached hydrogens (tertiary/aromatic N) is 1. The Morgan fingerprint density at radius 1 is 1.28 bits per heavy atom. The molecule has 0 aliphatic heterocycles. The van der Waals surface area contributed by atoms with Crippen LogP contribution in [0.3, 0.4) is 0 Å². The minimum absolute atomic E-state index is 0.469. The van der Waals surface area contributed by atoms with Gasteiger partial charge in [-0.2, -0.15) is 4.31 Å². The third-order valence-corrected chi connectivity index (χ3v) is 6.62. The summed E-state index contributed by atoms with van der Waals surface area (Å²) in [7, 11) is -3.30. The predicted molar refractivity (Wildman–Crippen MR) is 81.2 cm³/mol. The maximum atomic E-state index is 12.5. The van der Waals surface area contributed by atoms with Crippen molar-refractivity contribution in [2.24, 2.45) is 0 Å². The summed E-state index contributed by atoms with van der Waals surface area (Å²) in [6.45, 7) is 5.24. The molecule has 0 atom stereocenters. The Morgan fingerprint density at radius 2 is 2.00 bits per heavy atom. The first kappa shape index (κ1) is 16.1. The third kappa shape index (κ3) is 4.05. The Morgan fingerprint density at radius 3 is 2.50 bits per heavy atom. The molecule has 3 nitrogen and oxygen atoms in total. The van der Waals surface area contributed by atoms with Gasteiger partial charge in [-0.3, -0.25) is 0 Å². The molecule has 0 aliphatic rings. The van der Waals surface area contributed by atoms with Gasteiger partial charge in [-0.25, -0.2) is 8.42 Å². The van der Waals surface area contributed by atoms with E-state index in [2.05, 4.69) is 22.9 Å². The fraction of sp³-hybridized carbons (Fsp3) is 0.667. The molecule has 18 heavy (non-hydrogen) atoms. The lowest BCUT2D eigenvalue weighted by Gasteiger charge is -2.19. The minimum Gasteiger partial charge on any atom is -0.206 e. The second kappa shape index (κ2) is 7.62. The van der Waals surface area contributed by atoms with Crippen molar-refractivity contribution in [3.05, 3.63) is 17.0 Å². The van der Waals surface area contributed by atoms with E-state index in [0.717, 1.165) is 24.1 Å². The number of rotatable bonds is 8. The summed E-state index contributed by atoms with van der Waals surface area (Å²) in [5.41, 5.74) is 0. The molecule has 1 aromatic rings. The lowest BCUT2D eigenvalue weighted by molar-refractivity contribution is 0.423. The summed E-state index contributed by atoms with van der Waals surface area (Å²) in [5.74, 6) is 0. The zero-order valence-corrected chi connectivity index (χ0v) is 14.1. The Labute approximate surface area is 122 Å². The molecule has 1 rings (SSSR count). The smallest absolute Gasteiger partial charge is 0.206 e. The van der Waals surface area contributed by atoms with E-state index < -0.39 is 10.0 Å². The van der Waals surface area contributed by atoms with E-state index in [1.54, 1.807) is 10.4 Å². The Bertz CT molecular complexity index is 456. The zero-order chi connectivity index (χ0) is 13.6. The summed E-state index contributed by atoms with van der Waals surface area (Å²) < 4.78 is 27.0. The van der Waals surface area contributed by atoms with E-state index in [9.17, 15) is 8.42 Å². The topological polar surface area (TPSA) is 37.4 Å². The average Bonchev–Trinajstić information content (AvgIpc) is 2.83. The summed E-state index contributed by atoms with van der Waals surface area (Å²) >= 11 is 4.71. The van der Waals surface area contributed by atoms with E-state index in [-0.39, 0.29) is 0 Å². The molecule has 1 aromatic heterocycles. The van der Waals surface area contributed by atoms with E-state index >= 15 is 0 Å². The van der Waals surface area contributed by atoms with Crippen molar-refractivity contribution >= 4 is 37.3 Å². The molecular weight excluding hydrogens is 334 g/mol. The maximum Gasteiger partial charge on any atom is 0.252 e. The molecule has 0 spiro atoms. The van der Waals surface area contributed by atoms with Crippen LogP contribution < -0.4 is 0 Å². The van der Waals surface area contributed by atoms with Gasteiger partial charge >= 0.3 is 0 Å². The van der Waals surface area contributed by atoms with Crippen LogP contribution in [0.15, 0.2) is 16.3 Å². The Kier molecular flexibility index (Phi) is 6.84. The van der Waals surface area contributed by atoms with E-state index in [4.69, 9.17) is 0 Å². The number of sulfonamides is 1. The minimum atomic E-state index is -3.30. The van der Waals surface area contributed by atoms with Gasteiger partial charge in [0.25, 0.3) is 10.0 Å². The van der Waals surface area contributed by atoms with Gasteiger partial charge in [0.1, 0.15) is 4.21 Å². The van der Waals surface area contributed by atoms with Gasteiger partial charge in [-0.05, 0) is 25.0 Å². The summed E-state index contributed by atoms with van der Waals surface area (Å²) in [6.07, 6.45) is 2.78. The van der Waals surface area contributed by atoms with Crippen molar-refractivity contribution < 1.29 is 8.42 Å². The van der Waals surface area contributed by atoms with Crippen molar-refractivity contribution in [3.63, 3.8) is 0 Å². The fourth-order valence-corrected chi connectivity index (χ4v) is 5.19. The number of alkyl halides is 1. The number of halogens is 1. The van der Waals surface area contributed by atoms with Crippen LogP contribution in [0.2, 0.25) is 0 Å². The van der Waals surface area contributed by atoms with E-state index in [1.807, 2.05) is 13.0 Å². The van der Waals surface area contributed by atoms with Gasteiger partial charge in [0, 0.05) is 23.3 Å². The lowest BCUT2D eigenvalue weighted by atomic mass is 10.3. The first-order valence-corrected chi connectivity index (χ1v) is 9.58. The van der Waals surface area contributed by atoms with Gasteiger partial charge in [0.15, 0.2) is 0 Å². The highest BCUT2D eigenvalue weighted by atomic mass is 79.9. The molecule has 0 unspecified atom stereocenters. The van der Waals surface area contributed by atoms with Crippen LogP contribution in [0.25, 0.3) is 0 Å². The molecule has 0 saturated carbocycles. The third-order valence-electron chi connectivity index (χ3n) is 2.67. The first-order valence-electron chi connectivity index (χ1n) is 6.21. The number of thiophene rings is 1. The monoisotopic (exact) mass is 353 g/mol. The number of unbranched alkanes of at least 4 members (excludes halogenated alkanes) is 1. The van der Waals surface area contributed by atoms with Gasteiger partial charge in [0.2, 0.25) is 0 Å². The summed E-state index contributed by atoms with van der Waals surface area (Å²) in [6, 6.07) is 3.63. The van der Waals surface area contributed by atoms with Gasteiger partial charge in [-0.1, -0.05) is 36.2 Å². The summed E-state index contributed by atoms with van der Waals surface area (Å²) in [5, 5.41) is 0.669. The van der Waals surface area contributed by atoms with Crippen molar-refractivity contribution in [1.29, 1.82) is 0 Å². The maximum absolute atomic E-state index is 12.5. The molecule has 104 valence electrons. The quantitative estimate of drug-likeness (QED) is 0.670. The van der Waals surface area contributed by atoms with Gasteiger partial charge in [0.05, 0.1) is 0 Å². The highest BCUT2D eigenvalue weighted by molar-refractivity contribution is 9.09. The van der Waals surface area contributed by atoms with Crippen molar-refractivity contribution in [3.8, 4) is 0 Å². The standard InChI is InChI=1S/C12H20BrNO2S2/c1-3-5-9-14(10-8-13)18(15,16)12-7-6-11(4-2)17-12/h6-7H,3-5,8-10H2,1-2H3. The van der Waals surface area contributed by atoms with Crippen LogP contribution in [-0.2, 0) is 16.4 Å². The second-order valence-electron chi connectivity index (χ2n) is 4.02. The Balaban J connectivity index is 2.92. The molecule has 6 heteroatoms. The van der Waals surface area contributed by atoms with Crippen LogP contribution in [0.5, 0.6) is 0 Å². The number of hydrogen-bond donors (Lipinski definition) is 0. The summed E-state index contributed by atoms with van der Waals surface area (Å²) in [4.78, 5) is 1.11. The average molecular weight is 354 g/mol. The van der Waals surface area contributed by atoms with Crippen LogP contribution in [0.4, 0.5) is 0 Å². The fourth-order valence-electron chi connectivity index (χ4n) is 1.60. The normalized spacial score (nSPS) is 12.2. The zero-order valence-electron chi connectivity index (χ0n) is 10.9. The van der Waals surface area contributed by atoms with Crippen molar-refractivity contribution in [1.82, 2.24) is 4.31 Å². The van der Waals surface area contributed by atoms with Crippen LogP contribution >= 0.6 is 27.3 Å². The molecule has 0 aliphatic carbocycles. The molecule has 0 radical (unpaired) electrons. The molecule has 0 N–H and O–H groups in total. The predicted octanol–water partition coefficient (Wildman–Crippen LogP) is 3.50. The molecular formula is C12H20BrNO2S2. The van der Waals surface area contributed by atoms with Gasteiger partial charge in [-0.15, -0.1) is 11.3 Å². The first-order chi connectivity index (χ1) is 8.56. The van der Waals surface area contributed by atoms with Crippen LogP contribution in [0.1, 0.15) is 31.6 Å². The SMILES string of the molecule is CCCCN(CCBr)S(=O)(=O)c1ccc(CC)s1. The number of hydrogen-bond acceptors (Lipinski definition) is 3. The highest BCUT2D eigenvalue weighted by Crippen LogP contribution is 2.25. The van der Waals surface area contributed by atoms with E-state index in [0.29, 0.717) is 22.6 Å². The van der Waals surface area contributed by atoms with Crippen molar-refractivity contribution in [2.75, 3.05) is 18.4 Å². The van der Waals surface area contributed by atoms with E-state index in [1.165, 1.54) is 11.3 Å². The molecule has 0 amide bonds. The molecule has 0 saturated heterocycles. The Hall–Kier alpha value is 0.0900. The molecule has 1 heterocycles. The lowest BCUT2D eigenvalue weighted by Crippen LogP contribution is -2.33. The van der Waals surface area contributed by atoms with Crippen molar-refractivity contribution in [2.45, 2.75) is 37.3 Å². The van der Waals surface area contributed by atoms with Gasteiger partial charge < -0.3 is 0 Å². The molecule has 0 fully saturated rings. The van der Waals surface area contributed by atoms with Crippen LogP contribution in [-0.4, -0.2) is 31.1 Å². The second-order valence-corrected chi connectivity index (χ2v) is 8.15. The molecule has 0 aromatic carbocycles. The molecule has 0 bridgehead atoms. The highest BCUT2D eigenvalue weighted by Gasteiger charge is 2.24. The van der Waals surface area contributed by atoms with Crippen LogP contribution in [0, 0.1) is 0 Å².